The van der Waals surface area contributed by atoms with E-state index in [0.717, 1.165) is 38.3 Å². The lowest BCUT2D eigenvalue weighted by atomic mass is 10.1. The molecule has 1 aliphatic heterocycles. The van der Waals surface area contributed by atoms with E-state index in [9.17, 15) is 4.79 Å². The molecule has 1 fully saturated rings. The van der Waals surface area contributed by atoms with E-state index in [4.69, 9.17) is 0 Å². The summed E-state index contributed by atoms with van der Waals surface area (Å²) in [7, 11) is 2.17. The number of nitrogens with one attached hydrogen (secondary N) is 2. The molecule has 0 atom stereocenters. The number of nitrogens with zero attached hydrogens (tertiary/aromatic N) is 1. The van der Waals surface area contributed by atoms with Gasteiger partial charge in [-0.1, -0.05) is 19.1 Å². The van der Waals surface area contributed by atoms with Gasteiger partial charge in [0.1, 0.15) is 0 Å². The smallest absolute Gasteiger partial charge is 0.322 e. The highest BCUT2D eigenvalue weighted by Crippen LogP contribution is 2.10. The van der Waals surface area contributed by atoms with E-state index in [2.05, 4.69) is 31.4 Å². The molecule has 1 heterocycles. The summed E-state index contributed by atoms with van der Waals surface area (Å²) >= 11 is 0. The van der Waals surface area contributed by atoms with Crippen LogP contribution in [-0.4, -0.2) is 44.2 Å². The predicted molar refractivity (Wildman–Crippen MR) is 73.0 cm³/mol. The van der Waals surface area contributed by atoms with Gasteiger partial charge in [0.25, 0.3) is 0 Å². The van der Waals surface area contributed by atoms with Crippen LogP contribution in [0, 0.1) is 0 Å². The molecule has 0 radical (unpaired) electrons. The SMILES string of the molecule is CCc1ccc(NC(=O)N2CC[NH+](C)CC2)cc1. The number of urea groups is 1. The molecule has 0 aromatic heterocycles. The molecular weight excluding hydrogens is 226 g/mol. The van der Waals surface area contributed by atoms with Crippen molar-refractivity contribution in [2.75, 3.05) is 38.5 Å². The van der Waals surface area contributed by atoms with Crippen molar-refractivity contribution in [2.24, 2.45) is 0 Å². The maximum atomic E-state index is 12.0. The Morgan fingerprint density at radius 2 is 1.89 bits per heavy atom. The summed E-state index contributed by atoms with van der Waals surface area (Å²) in [4.78, 5) is 15.4. The quantitative estimate of drug-likeness (QED) is 0.790. The van der Waals surface area contributed by atoms with Gasteiger partial charge in [-0.15, -0.1) is 0 Å². The highest BCUT2D eigenvalue weighted by Gasteiger charge is 2.21. The van der Waals surface area contributed by atoms with Crippen LogP contribution >= 0.6 is 0 Å². The molecule has 98 valence electrons. The van der Waals surface area contributed by atoms with E-state index in [1.54, 1.807) is 0 Å². The second-order valence-corrected chi connectivity index (χ2v) is 4.92. The van der Waals surface area contributed by atoms with Gasteiger partial charge < -0.3 is 15.1 Å². The molecule has 2 rings (SSSR count). The third kappa shape index (κ3) is 3.23. The molecular formula is C14H22N3O+. The lowest BCUT2D eigenvalue weighted by Crippen LogP contribution is -3.12. The minimum Gasteiger partial charge on any atom is -0.334 e. The maximum Gasteiger partial charge on any atom is 0.322 e. The Balaban J connectivity index is 1.90. The van der Waals surface area contributed by atoms with Crippen molar-refractivity contribution >= 4 is 11.7 Å². The summed E-state index contributed by atoms with van der Waals surface area (Å²) < 4.78 is 0. The fraction of sp³-hybridized carbons (Fsp3) is 0.500. The van der Waals surface area contributed by atoms with E-state index in [1.807, 2.05) is 17.0 Å². The molecule has 0 spiro atoms. The number of quaternary nitrogens is 1. The van der Waals surface area contributed by atoms with Gasteiger partial charge in [0.15, 0.2) is 0 Å². The van der Waals surface area contributed by atoms with Gasteiger partial charge in [-0.25, -0.2) is 4.79 Å². The second kappa shape index (κ2) is 5.87. The van der Waals surface area contributed by atoms with Crippen molar-refractivity contribution in [3.63, 3.8) is 0 Å². The van der Waals surface area contributed by atoms with Crippen LogP contribution in [0.5, 0.6) is 0 Å². The standard InChI is InChI=1S/C14H21N3O/c1-3-12-4-6-13(7-5-12)15-14(18)17-10-8-16(2)9-11-17/h4-7H,3,8-11H2,1-2H3,(H,15,18)/p+1. The Bertz CT molecular complexity index is 394. The van der Waals surface area contributed by atoms with Gasteiger partial charge in [-0.2, -0.15) is 0 Å². The van der Waals surface area contributed by atoms with Crippen LogP contribution in [-0.2, 0) is 6.42 Å². The molecule has 2 N–H and O–H groups in total. The van der Waals surface area contributed by atoms with Crippen molar-refractivity contribution in [1.29, 1.82) is 0 Å². The first kappa shape index (κ1) is 12.9. The van der Waals surface area contributed by atoms with E-state index >= 15 is 0 Å². The lowest BCUT2D eigenvalue weighted by Gasteiger charge is -2.30. The highest BCUT2D eigenvalue weighted by atomic mass is 16.2. The molecule has 4 heteroatoms. The number of carbonyl (C=O) groups excluding carboxylic acids is 1. The molecule has 1 aliphatic rings. The number of anilines is 1. The zero-order chi connectivity index (χ0) is 13.0. The second-order valence-electron chi connectivity index (χ2n) is 4.92. The van der Waals surface area contributed by atoms with Gasteiger partial charge in [-0.3, -0.25) is 0 Å². The van der Waals surface area contributed by atoms with Crippen LogP contribution in [0.1, 0.15) is 12.5 Å². The Labute approximate surface area is 109 Å². The first-order chi connectivity index (χ1) is 8.69. The molecule has 4 nitrogen and oxygen atoms in total. The Morgan fingerprint density at radius 1 is 1.28 bits per heavy atom. The normalized spacial score (nSPS) is 16.7. The number of amides is 2. The van der Waals surface area contributed by atoms with Crippen molar-refractivity contribution in [3.8, 4) is 0 Å². The number of hydrogen-bond donors (Lipinski definition) is 2. The maximum absolute atomic E-state index is 12.0. The molecule has 1 saturated heterocycles. The summed E-state index contributed by atoms with van der Waals surface area (Å²) in [6.07, 6.45) is 1.02. The number of carbonyl (C=O) groups is 1. The van der Waals surface area contributed by atoms with E-state index in [0.29, 0.717) is 0 Å². The lowest BCUT2D eigenvalue weighted by molar-refractivity contribution is -0.883. The van der Waals surface area contributed by atoms with Crippen molar-refractivity contribution in [1.82, 2.24) is 4.90 Å². The van der Waals surface area contributed by atoms with Crippen molar-refractivity contribution in [2.45, 2.75) is 13.3 Å². The van der Waals surface area contributed by atoms with Crippen LogP contribution in [0.15, 0.2) is 24.3 Å². The highest BCUT2D eigenvalue weighted by molar-refractivity contribution is 5.89. The van der Waals surface area contributed by atoms with Crippen LogP contribution in [0.3, 0.4) is 0 Å². The number of aryl methyl sites for hydroxylation is 1. The first-order valence-electron chi connectivity index (χ1n) is 6.65. The average molecular weight is 248 g/mol. The van der Waals surface area contributed by atoms with E-state index in [-0.39, 0.29) is 6.03 Å². The predicted octanol–water partition coefficient (Wildman–Crippen LogP) is 0.611. The van der Waals surface area contributed by atoms with Crippen LogP contribution in [0.25, 0.3) is 0 Å². The minimum atomic E-state index is 0.0201. The Hall–Kier alpha value is -1.55. The van der Waals surface area contributed by atoms with Gasteiger partial charge in [0.05, 0.1) is 33.2 Å². The Morgan fingerprint density at radius 3 is 2.44 bits per heavy atom. The molecule has 2 amide bonds. The van der Waals surface area contributed by atoms with E-state index < -0.39 is 0 Å². The molecule has 18 heavy (non-hydrogen) atoms. The summed E-state index contributed by atoms with van der Waals surface area (Å²) in [6.45, 7) is 5.86. The topological polar surface area (TPSA) is 36.8 Å². The fourth-order valence-electron chi connectivity index (χ4n) is 2.12. The Kier molecular flexibility index (Phi) is 4.20. The zero-order valence-electron chi connectivity index (χ0n) is 11.2. The van der Waals surface area contributed by atoms with E-state index in [1.165, 1.54) is 10.5 Å². The van der Waals surface area contributed by atoms with Crippen molar-refractivity contribution in [3.05, 3.63) is 29.8 Å². The number of hydrogen-bond acceptors (Lipinski definition) is 1. The first-order valence-corrected chi connectivity index (χ1v) is 6.65. The molecule has 0 saturated carbocycles. The van der Waals surface area contributed by atoms with Gasteiger partial charge in [0.2, 0.25) is 0 Å². The van der Waals surface area contributed by atoms with Crippen LogP contribution in [0.2, 0.25) is 0 Å². The fourth-order valence-corrected chi connectivity index (χ4v) is 2.12. The third-order valence-corrected chi connectivity index (χ3v) is 3.52. The summed E-state index contributed by atoms with van der Waals surface area (Å²) in [5.74, 6) is 0. The summed E-state index contributed by atoms with van der Waals surface area (Å²) in [6, 6.07) is 8.08. The summed E-state index contributed by atoms with van der Waals surface area (Å²) in [5.41, 5.74) is 2.17. The number of piperazine rings is 1. The van der Waals surface area contributed by atoms with Crippen LogP contribution < -0.4 is 10.2 Å². The monoisotopic (exact) mass is 248 g/mol. The molecule has 1 aromatic rings. The van der Waals surface area contributed by atoms with Gasteiger partial charge in [0, 0.05) is 5.69 Å². The average Bonchev–Trinajstić information content (AvgIpc) is 2.40. The minimum absolute atomic E-state index is 0.0201. The zero-order valence-corrected chi connectivity index (χ0v) is 11.2. The van der Waals surface area contributed by atoms with Gasteiger partial charge >= 0.3 is 6.03 Å². The molecule has 1 aromatic carbocycles. The third-order valence-electron chi connectivity index (χ3n) is 3.52. The molecule has 0 unspecified atom stereocenters. The van der Waals surface area contributed by atoms with Crippen LogP contribution in [0.4, 0.5) is 10.5 Å². The molecule has 0 aliphatic carbocycles. The largest absolute Gasteiger partial charge is 0.334 e. The van der Waals surface area contributed by atoms with Crippen molar-refractivity contribution < 1.29 is 9.69 Å². The number of rotatable bonds is 2. The summed E-state index contributed by atoms with van der Waals surface area (Å²) in [5, 5.41) is 2.96. The van der Waals surface area contributed by atoms with Gasteiger partial charge in [-0.05, 0) is 24.1 Å². The number of benzene rings is 1. The number of likely N-dealkylation sites (N-methyl/N-ethyl adjacent to an activating group) is 1. The molecule has 0 bridgehead atoms.